The number of nitro benzene ring substituents is 1. The molecule has 27 heavy (non-hydrogen) atoms. The van der Waals surface area contributed by atoms with Crippen LogP contribution in [-0.2, 0) is 6.54 Å². The van der Waals surface area contributed by atoms with Crippen molar-refractivity contribution in [2.75, 3.05) is 5.32 Å². The minimum absolute atomic E-state index is 0.208. The fraction of sp³-hybridized carbons (Fsp3) is 0.111. The fourth-order valence-corrected chi connectivity index (χ4v) is 2.56. The van der Waals surface area contributed by atoms with Gasteiger partial charge in [0.2, 0.25) is 0 Å². The number of anilines is 1. The number of hydrogen-bond acceptors (Lipinski definition) is 5. The van der Waals surface area contributed by atoms with Crippen molar-refractivity contribution in [3.8, 4) is 11.5 Å². The molecule has 0 fully saturated rings. The van der Waals surface area contributed by atoms with Gasteiger partial charge < -0.3 is 10.1 Å². The zero-order valence-corrected chi connectivity index (χ0v) is 15.0. The van der Waals surface area contributed by atoms with E-state index >= 15 is 0 Å². The van der Waals surface area contributed by atoms with Crippen LogP contribution in [0.3, 0.4) is 0 Å². The molecule has 0 spiro atoms. The lowest BCUT2D eigenvalue weighted by Crippen LogP contribution is -2.17. The van der Waals surface area contributed by atoms with E-state index in [4.69, 9.17) is 16.3 Å². The maximum atomic E-state index is 12.4. The summed E-state index contributed by atoms with van der Waals surface area (Å²) < 4.78 is 7.18. The zero-order valence-electron chi connectivity index (χ0n) is 14.3. The Balaban J connectivity index is 1.88. The molecule has 0 bridgehead atoms. The van der Waals surface area contributed by atoms with E-state index in [2.05, 4.69) is 10.4 Å². The van der Waals surface area contributed by atoms with Crippen molar-refractivity contribution < 1.29 is 14.5 Å². The van der Waals surface area contributed by atoms with Crippen molar-refractivity contribution in [1.29, 1.82) is 0 Å². The van der Waals surface area contributed by atoms with E-state index in [1.807, 2.05) is 6.92 Å². The van der Waals surface area contributed by atoms with Gasteiger partial charge in [-0.2, -0.15) is 5.10 Å². The van der Waals surface area contributed by atoms with Gasteiger partial charge in [-0.25, -0.2) is 0 Å². The highest BCUT2D eigenvalue weighted by Crippen LogP contribution is 2.30. The number of ether oxygens (including phenoxy) is 1. The molecule has 0 aliphatic heterocycles. The van der Waals surface area contributed by atoms with Gasteiger partial charge in [0.25, 0.3) is 11.6 Å². The first-order valence-electron chi connectivity index (χ1n) is 8.02. The fourth-order valence-electron chi connectivity index (χ4n) is 2.43. The van der Waals surface area contributed by atoms with Crippen molar-refractivity contribution in [1.82, 2.24) is 9.78 Å². The first kappa shape index (κ1) is 18.4. The standard InChI is InChI=1S/C18H15ClN4O4/c1-2-22-17(7-8-20-22)18(24)21-13-9-14(23(25)26)11-16(10-13)27-15-5-3-12(19)4-6-15/h3-11H,2H2,1H3,(H,21,24). The van der Waals surface area contributed by atoms with Gasteiger partial charge >= 0.3 is 0 Å². The molecule has 138 valence electrons. The molecule has 0 unspecified atom stereocenters. The van der Waals surface area contributed by atoms with Crippen LogP contribution in [0.5, 0.6) is 11.5 Å². The predicted octanol–water partition coefficient (Wildman–Crippen LogP) is 4.51. The number of amides is 1. The second-order valence-corrected chi connectivity index (χ2v) is 5.95. The summed E-state index contributed by atoms with van der Waals surface area (Å²) in [6.45, 7) is 2.38. The van der Waals surface area contributed by atoms with E-state index in [1.165, 1.54) is 29.1 Å². The van der Waals surface area contributed by atoms with Crippen molar-refractivity contribution in [2.45, 2.75) is 13.5 Å². The van der Waals surface area contributed by atoms with Crippen LogP contribution in [0, 0.1) is 10.1 Å². The Bertz CT molecular complexity index is 985. The highest BCUT2D eigenvalue weighted by Gasteiger charge is 2.16. The van der Waals surface area contributed by atoms with Crippen molar-refractivity contribution >= 4 is 28.9 Å². The average molecular weight is 387 g/mol. The maximum Gasteiger partial charge on any atom is 0.275 e. The average Bonchev–Trinajstić information content (AvgIpc) is 3.12. The number of rotatable bonds is 6. The molecule has 0 aliphatic carbocycles. The lowest BCUT2D eigenvalue weighted by atomic mass is 10.2. The molecular formula is C18H15ClN4O4. The normalized spacial score (nSPS) is 10.4. The zero-order chi connectivity index (χ0) is 19.4. The Morgan fingerprint density at radius 2 is 1.96 bits per heavy atom. The van der Waals surface area contributed by atoms with Crippen molar-refractivity contribution in [2.24, 2.45) is 0 Å². The van der Waals surface area contributed by atoms with Gasteiger partial charge in [0.15, 0.2) is 0 Å². The summed E-state index contributed by atoms with van der Waals surface area (Å²) in [5.41, 5.74) is 0.381. The third kappa shape index (κ3) is 4.42. The number of hydrogen-bond donors (Lipinski definition) is 1. The molecule has 0 aliphatic rings. The number of carbonyl (C=O) groups is 1. The van der Waals surface area contributed by atoms with E-state index < -0.39 is 10.8 Å². The summed E-state index contributed by atoms with van der Waals surface area (Å²) in [5.74, 6) is 0.249. The predicted molar refractivity (Wildman–Crippen MR) is 100 cm³/mol. The topological polar surface area (TPSA) is 99.3 Å². The van der Waals surface area contributed by atoms with Gasteiger partial charge in [-0.1, -0.05) is 11.6 Å². The van der Waals surface area contributed by atoms with Gasteiger partial charge in [-0.05, 0) is 37.3 Å². The van der Waals surface area contributed by atoms with Gasteiger partial charge in [0.05, 0.1) is 16.7 Å². The summed E-state index contributed by atoms with van der Waals surface area (Å²) in [6, 6.07) is 12.2. The van der Waals surface area contributed by atoms with Gasteiger partial charge in [-0.15, -0.1) is 0 Å². The third-order valence-corrected chi connectivity index (χ3v) is 3.91. The van der Waals surface area contributed by atoms with Crippen LogP contribution in [0.2, 0.25) is 5.02 Å². The molecule has 3 aromatic rings. The molecule has 0 atom stereocenters. The largest absolute Gasteiger partial charge is 0.457 e. The quantitative estimate of drug-likeness (QED) is 0.496. The highest BCUT2D eigenvalue weighted by molar-refractivity contribution is 6.30. The highest BCUT2D eigenvalue weighted by atomic mass is 35.5. The lowest BCUT2D eigenvalue weighted by molar-refractivity contribution is -0.384. The molecule has 3 rings (SSSR count). The first-order valence-corrected chi connectivity index (χ1v) is 8.40. The Hall–Kier alpha value is -3.39. The van der Waals surface area contributed by atoms with Crippen LogP contribution in [0.1, 0.15) is 17.4 Å². The van der Waals surface area contributed by atoms with Crippen LogP contribution in [0.4, 0.5) is 11.4 Å². The molecule has 1 heterocycles. The van der Waals surface area contributed by atoms with E-state index in [1.54, 1.807) is 30.3 Å². The van der Waals surface area contributed by atoms with Crippen LogP contribution >= 0.6 is 11.6 Å². The molecular weight excluding hydrogens is 372 g/mol. The molecule has 8 nitrogen and oxygen atoms in total. The summed E-state index contributed by atoms with van der Waals surface area (Å²) in [7, 11) is 0. The Labute approximate surface area is 159 Å². The molecule has 1 N–H and O–H groups in total. The molecule has 1 aromatic heterocycles. The SMILES string of the molecule is CCn1nccc1C(=O)Nc1cc(Oc2ccc(Cl)cc2)cc([N+](=O)[O-])c1. The first-order chi connectivity index (χ1) is 13.0. The van der Waals surface area contributed by atoms with Crippen LogP contribution in [-0.4, -0.2) is 20.6 Å². The van der Waals surface area contributed by atoms with Crippen LogP contribution in [0.15, 0.2) is 54.7 Å². The number of nitrogens with zero attached hydrogens (tertiary/aromatic N) is 3. The lowest BCUT2D eigenvalue weighted by Gasteiger charge is -2.10. The summed E-state index contributed by atoms with van der Waals surface area (Å²) >= 11 is 5.84. The minimum Gasteiger partial charge on any atom is -0.457 e. The van der Waals surface area contributed by atoms with E-state index in [9.17, 15) is 14.9 Å². The minimum atomic E-state index is -0.555. The molecule has 1 amide bonds. The summed E-state index contributed by atoms with van der Waals surface area (Å²) in [6.07, 6.45) is 1.51. The second-order valence-electron chi connectivity index (χ2n) is 5.52. The number of benzene rings is 2. The molecule has 0 radical (unpaired) electrons. The van der Waals surface area contributed by atoms with E-state index in [-0.39, 0.29) is 17.1 Å². The monoisotopic (exact) mass is 386 g/mol. The third-order valence-electron chi connectivity index (χ3n) is 3.66. The van der Waals surface area contributed by atoms with Crippen LogP contribution < -0.4 is 10.1 Å². The van der Waals surface area contributed by atoms with Gasteiger partial charge in [-0.3, -0.25) is 19.6 Å². The number of aromatic nitrogens is 2. The summed E-state index contributed by atoms with van der Waals surface area (Å²) in [5, 5.41) is 18.4. The maximum absolute atomic E-state index is 12.4. The second kappa shape index (κ2) is 7.88. The molecule has 0 saturated heterocycles. The number of carbonyl (C=O) groups excluding carboxylic acids is 1. The van der Waals surface area contributed by atoms with Gasteiger partial charge in [0, 0.05) is 29.9 Å². The number of non-ortho nitro benzene ring substituents is 1. The van der Waals surface area contributed by atoms with Gasteiger partial charge in [0.1, 0.15) is 17.2 Å². The van der Waals surface area contributed by atoms with Crippen molar-refractivity contribution in [3.05, 3.63) is 75.6 Å². The number of aryl methyl sites for hydroxylation is 1. The molecule has 9 heteroatoms. The summed E-state index contributed by atoms with van der Waals surface area (Å²) in [4.78, 5) is 23.1. The number of nitrogens with one attached hydrogen (secondary N) is 1. The Kier molecular flexibility index (Phi) is 5.37. The van der Waals surface area contributed by atoms with E-state index in [0.29, 0.717) is 23.0 Å². The van der Waals surface area contributed by atoms with E-state index in [0.717, 1.165) is 0 Å². The molecule has 2 aromatic carbocycles. The smallest absolute Gasteiger partial charge is 0.275 e. The number of nitro groups is 1. The Morgan fingerprint density at radius 1 is 1.22 bits per heavy atom. The number of halogens is 1. The Morgan fingerprint density at radius 3 is 2.63 bits per heavy atom. The molecule has 0 saturated carbocycles. The van der Waals surface area contributed by atoms with Crippen LogP contribution in [0.25, 0.3) is 0 Å². The van der Waals surface area contributed by atoms with Crippen molar-refractivity contribution in [3.63, 3.8) is 0 Å².